The van der Waals surface area contributed by atoms with Gasteiger partial charge in [0, 0.05) is 11.0 Å². The van der Waals surface area contributed by atoms with Crippen molar-refractivity contribution in [2.75, 3.05) is 11.5 Å². The van der Waals surface area contributed by atoms with Crippen LogP contribution in [0.25, 0.3) is 10.4 Å². The molecule has 1 aromatic carbocycles. The maximum atomic E-state index is 8.87. The zero-order valence-corrected chi connectivity index (χ0v) is 18.7. The van der Waals surface area contributed by atoms with Gasteiger partial charge in [0.25, 0.3) is 0 Å². The molecule has 0 N–H and O–H groups in total. The van der Waals surface area contributed by atoms with Crippen molar-refractivity contribution < 1.29 is 18.9 Å². The summed E-state index contributed by atoms with van der Waals surface area (Å²) in [6.07, 6.45) is 2.37. The SMILES string of the molecule is COc1ccc(CO[C@H]2C[C@H](C[C@H](CCI)N=[N+]=[N-])[C@H]3OC(C)(C)O[C@H]32)cc1. The van der Waals surface area contributed by atoms with Gasteiger partial charge in [0.1, 0.15) is 11.9 Å². The second-order valence-corrected chi connectivity index (χ2v) is 8.91. The fourth-order valence-electron chi connectivity index (χ4n) is 4.13. The van der Waals surface area contributed by atoms with Gasteiger partial charge in [-0.15, -0.1) is 0 Å². The average Bonchev–Trinajstić information content (AvgIpc) is 3.14. The molecule has 1 saturated heterocycles. The van der Waals surface area contributed by atoms with Crippen molar-refractivity contribution in [3.63, 3.8) is 0 Å². The van der Waals surface area contributed by atoms with E-state index in [1.165, 1.54) is 0 Å². The summed E-state index contributed by atoms with van der Waals surface area (Å²) in [4.78, 5) is 3.03. The minimum Gasteiger partial charge on any atom is -0.497 e. The number of fused-ring (bicyclic) bond motifs is 1. The molecule has 0 unspecified atom stereocenters. The first-order valence-corrected chi connectivity index (χ1v) is 11.2. The Kier molecular flexibility index (Phi) is 7.44. The van der Waals surface area contributed by atoms with Crippen LogP contribution in [0.15, 0.2) is 29.4 Å². The topological polar surface area (TPSA) is 85.7 Å². The quantitative estimate of drug-likeness (QED) is 0.157. The summed E-state index contributed by atoms with van der Waals surface area (Å²) in [5.41, 5.74) is 9.97. The van der Waals surface area contributed by atoms with Gasteiger partial charge in [0.05, 0.1) is 25.9 Å². The average molecular weight is 501 g/mol. The Bertz CT molecular complexity index is 693. The third-order valence-electron chi connectivity index (χ3n) is 5.38. The Balaban J connectivity index is 1.66. The van der Waals surface area contributed by atoms with Crippen LogP contribution in [0.4, 0.5) is 0 Å². The van der Waals surface area contributed by atoms with Gasteiger partial charge in [0.15, 0.2) is 5.79 Å². The number of ether oxygens (including phenoxy) is 4. The molecule has 1 saturated carbocycles. The van der Waals surface area contributed by atoms with E-state index < -0.39 is 5.79 Å². The van der Waals surface area contributed by atoms with Crippen LogP contribution >= 0.6 is 22.6 Å². The molecular weight excluding hydrogens is 473 g/mol. The molecule has 5 atom stereocenters. The van der Waals surface area contributed by atoms with Crippen molar-refractivity contribution in [3.05, 3.63) is 40.3 Å². The van der Waals surface area contributed by atoms with Crippen molar-refractivity contribution >= 4 is 22.6 Å². The monoisotopic (exact) mass is 501 g/mol. The van der Waals surface area contributed by atoms with E-state index >= 15 is 0 Å². The lowest BCUT2D eigenvalue weighted by Gasteiger charge is -2.24. The van der Waals surface area contributed by atoms with Crippen LogP contribution < -0.4 is 4.74 Å². The minimum absolute atomic E-state index is 0.0137. The summed E-state index contributed by atoms with van der Waals surface area (Å²) in [6, 6.07) is 7.88. The van der Waals surface area contributed by atoms with Crippen LogP contribution in [0.5, 0.6) is 5.75 Å². The maximum absolute atomic E-state index is 8.87. The van der Waals surface area contributed by atoms with Crippen molar-refractivity contribution in [1.29, 1.82) is 0 Å². The van der Waals surface area contributed by atoms with Gasteiger partial charge in [-0.2, -0.15) is 0 Å². The van der Waals surface area contributed by atoms with Gasteiger partial charge in [-0.25, -0.2) is 0 Å². The molecule has 1 aliphatic carbocycles. The highest BCUT2D eigenvalue weighted by Crippen LogP contribution is 2.45. The van der Waals surface area contributed by atoms with E-state index in [-0.39, 0.29) is 30.3 Å². The molecule has 3 rings (SSSR count). The largest absolute Gasteiger partial charge is 0.497 e. The third-order valence-corrected chi connectivity index (χ3v) is 6.01. The number of hydrogen-bond donors (Lipinski definition) is 0. The van der Waals surface area contributed by atoms with Crippen molar-refractivity contribution in [3.8, 4) is 5.75 Å². The van der Waals surface area contributed by atoms with Crippen molar-refractivity contribution in [1.82, 2.24) is 0 Å². The summed E-state index contributed by atoms with van der Waals surface area (Å²) in [7, 11) is 1.66. The lowest BCUT2D eigenvalue weighted by Crippen LogP contribution is -2.30. The molecule has 0 radical (unpaired) electrons. The first-order chi connectivity index (χ1) is 13.5. The standard InChI is InChI=1S/C20H28IN3O4/c1-20(2)27-18-14(10-15(8-9-21)23-24-22)11-17(19(18)28-20)26-12-13-4-6-16(25-3)7-5-13/h4-7,14-15,17-19H,8-12H2,1-3H3/t14-,15-,17-,18+,19-/m0/s1. The fourth-order valence-corrected chi connectivity index (χ4v) is 4.84. The van der Waals surface area contributed by atoms with E-state index in [0.717, 1.165) is 35.0 Å². The second-order valence-electron chi connectivity index (χ2n) is 7.83. The van der Waals surface area contributed by atoms with Crippen LogP contribution in [-0.4, -0.2) is 41.7 Å². The highest BCUT2D eigenvalue weighted by molar-refractivity contribution is 14.1. The number of methoxy groups -OCH3 is 1. The highest BCUT2D eigenvalue weighted by atomic mass is 127. The Labute approximate surface area is 179 Å². The van der Waals surface area contributed by atoms with Gasteiger partial charge in [0.2, 0.25) is 0 Å². The smallest absolute Gasteiger partial charge is 0.163 e. The van der Waals surface area contributed by atoms with E-state index in [9.17, 15) is 0 Å². The molecule has 2 aliphatic rings. The minimum atomic E-state index is -0.618. The Morgan fingerprint density at radius 1 is 1.29 bits per heavy atom. The molecule has 8 heteroatoms. The number of benzene rings is 1. The molecular formula is C20H28IN3O4. The van der Waals surface area contributed by atoms with Crippen LogP contribution in [0.3, 0.4) is 0 Å². The number of hydrogen-bond acceptors (Lipinski definition) is 5. The summed E-state index contributed by atoms with van der Waals surface area (Å²) >= 11 is 2.32. The number of alkyl halides is 1. The molecule has 0 spiro atoms. The lowest BCUT2D eigenvalue weighted by atomic mass is 9.95. The first-order valence-electron chi connectivity index (χ1n) is 9.66. The number of nitrogens with zero attached hydrogens (tertiary/aromatic N) is 3. The van der Waals surface area contributed by atoms with Crippen LogP contribution in [-0.2, 0) is 20.8 Å². The molecule has 0 bridgehead atoms. The molecule has 2 fully saturated rings. The third kappa shape index (κ3) is 5.30. The van der Waals surface area contributed by atoms with E-state index in [0.29, 0.717) is 6.61 Å². The zero-order chi connectivity index (χ0) is 20.1. The van der Waals surface area contributed by atoms with E-state index in [4.69, 9.17) is 24.5 Å². The molecule has 154 valence electrons. The second kappa shape index (κ2) is 9.63. The van der Waals surface area contributed by atoms with Gasteiger partial charge in [-0.1, -0.05) is 39.8 Å². The molecule has 0 aromatic heterocycles. The number of rotatable bonds is 9. The molecule has 7 nitrogen and oxygen atoms in total. The van der Waals surface area contributed by atoms with Crippen molar-refractivity contribution in [2.45, 2.75) is 69.9 Å². The molecule has 1 heterocycles. The summed E-state index contributed by atoms with van der Waals surface area (Å²) in [5, 5.41) is 3.99. The predicted octanol–water partition coefficient (Wildman–Crippen LogP) is 5.01. The Morgan fingerprint density at radius 3 is 2.64 bits per heavy atom. The molecule has 28 heavy (non-hydrogen) atoms. The molecule has 0 amide bonds. The van der Waals surface area contributed by atoms with Gasteiger partial charge in [-0.3, -0.25) is 0 Å². The summed E-state index contributed by atoms with van der Waals surface area (Å²) < 4.78 is 24.8. The molecule has 1 aliphatic heterocycles. The van der Waals surface area contributed by atoms with Gasteiger partial charge in [-0.05, 0) is 66.7 Å². The predicted molar refractivity (Wildman–Crippen MR) is 115 cm³/mol. The fraction of sp³-hybridized carbons (Fsp3) is 0.700. The molecule has 1 aromatic rings. The van der Waals surface area contributed by atoms with Gasteiger partial charge >= 0.3 is 0 Å². The zero-order valence-electron chi connectivity index (χ0n) is 16.6. The van der Waals surface area contributed by atoms with Crippen LogP contribution in [0, 0.1) is 5.92 Å². The summed E-state index contributed by atoms with van der Waals surface area (Å²) in [5.74, 6) is 0.469. The number of azide groups is 1. The van der Waals surface area contributed by atoms with E-state index in [2.05, 4.69) is 32.6 Å². The van der Waals surface area contributed by atoms with E-state index in [1.54, 1.807) is 7.11 Å². The Hall–Kier alpha value is -1.06. The number of halogens is 1. The van der Waals surface area contributed by atoms with Gasteiger partial charge < -0.3 is 18.9 Å². The first kappa shape index (κ1) is 21.6. The normalized spacial score (nSPS) is 29.1. The van der Waals surface area contributed by atoms with Crippen molar-refractivity contribution in [2.24, 2.45) is 11.0 Å². The maximum Gasteiger partial charge on any atom is 0.163 e. The lowest BCUT2D eigenvalue weighted by molar-refractivity contribution is -0.172. The van der Waals surface area contributed by atoms with E-state index in [1.807, 2.05) is 38.1 Å². The van der Waals surface area contributed by atoms with Crippen LogP contribution in [0.2, 0.25) is 0 Å². The Morgan fingerprint density at radius 2 is 2.00 bits per heavy atom. The summed E-state index contributed by atoms with van der Waals surface area (Å²) in [6.45, 7) is 4.40. The highest BCUT2D eigenvalue weighted by Gasteiger charge is 2.54. The van der Waals surface area contributed by atoms with Crippen LogP contribution in [0.1, 0.15) is 38.7 Å².